The summed E-state index contributed by atoms with van der Waals surface area (Å²) in [7, 11) is 0. The zero-order valence-electron chi connectivity index (χ0n) is 17.5. The topological polar surface area (TPSA) is 107 Å². The third-order valence-electron chi connectivity index (χ3n) is 5.93. The van der Waals surface area contributed by atoms with Gasteiger partial charge in [0, 0.05) is 25.4 Å². The Morgan fingerprint density at radius 2 is 2.16 bits per heavy atom. The average molecular weight is 432 g/mol. The zero-order chi connectivity index (χ0) is 22.5. The summed E-state index contributed by atoms with van der Waals surface area (Å²) in [4.78, 5) is 19.0. The third kappa shape index (κ3) is 3.39. The highest BCUT2D eigenvalue weighted by Gasteiger charge is 2.31. The van der Waals surface area contributed by atoms with Crippen molar-refractivity contribution < 1.29 is 14.3 Å². The van der Waals surface area contributed by atoms with Crippen molar-refractivity contribution in [2.75, 3.05) is 18.0 Å². The van der Waals surface area contributed by atoms with Crippen molar-refractivity contribution in [2.24, 2.45) is 0 Å². The maximum absolute atomic E-state index is 14.7. The van der Waals surface area contributed by atoms with Crippen LogP contribution in [-0.4, -0.2) is 44.5 Å². The third-order valence-corrected chi connectivity index (χ3v) is 5.93. The Morgan fingerprint density at radius 1 is 1.31 bits per heavy atom. The minimum Gasteiger partial charge on any atom is -0.388 e. The lowest BCUT2D eigenvalue weighted by molar-refractivity contribution is 0.0447. The van der Waals surface area contributed by atoms with Crippen molar-refractivity contribution in [3.63, 3.8) is 0 Å². The molecule has 2 aliphatic heterocycles. The van der Waals surface area contributed by atoms with E-state index in [0.717, 1.165) is 19.4 Å². The Bertz CT molecular complexity index is 1280. The molecule has 0 spiro atoms. The first-order chi connectivity index (χ1) is 15.4. The van der Waals surface area contributed by atoms with Gasteiger partial charge in [0.15, 0.2) is 5.82 Å². The van der Waals surface area contributed by atoms with E-state index in [9.17, 15) is 19.6 Å². The van der Waals surface area contributed by atoms with Crippen LogP contribution >= 0.6 is 0 Å². The lowest BCUT2D eigenvalue weighted by Crippen LogP contribution is -2.46. The number of β-amino-alcohol motifs (C(OH)–C–C–N with tert-alkyl or cyclic N) is 1. The molecule has 1 unspecified atom stereocenters. The number of carbonyl (C=O) groups is 1. The van der Waals surface area contributed by atoms with Crippen LogP contribution in [0.15, 0.2) is 36.5 Å². The summed E-state index contributed by atoms with van der Waals surface area (Å²) in [6, 6.07) is 9.71. The number of nitrogens with one attached hydrogen (secondary N) is 1. The van der Waals surface area contributed by atoms with Crippen LogP contribution in [0.3, 0.4) is 0 Å². The van der Waals surface area contributed by atoms with E-state index in [0.29, 0.717) is 29.3 Å². The molecule has 1 amide bonds. The Kier molecular flexibility index (Phi) is 4.68. The summed E-state index contributed by atoms with van der Waals surface area (Å²) in [5.41, 5.74) is 1.06. The molecule has 0 radical (unpaired) electrons. The van der Waals surface area contributed by atoms with Crippen LogP contribution in [0.1, 0.15) is 41.4 Å². The smallest absolute Gasteiger partial charge is 0.255 e. The van der Waals surface area contributed by atoms with Gasteiger partial charge in [-0.05, 0) is 38.0 Å². The number of piperidine rings is 1. The maximum atomic E-state index is 14.7. The summed E-state index contributed by atoms with van der Waals surface area (Å²) in [6.45, 7) is 3.26. The second-order valence-corrected chi connectivity index (χ2v) is 8.45. The Balaban J connectivity index is 1.62. The molecule has 5 rings (SSSR count). The number of aliphatic hydroxyl groups is 1. The van der Waals surface area contributed by atoms with E-state index in [1.165, 1.54) is 18.2 Å². The second kappa shape index (κ2) is 7.43. The minimum atomic E-state index is -0.786. The molecule has 1 atom stereocenters. The molecule has 162 valence electrons. The zero-order valence-corrected chi connectivity index (χ0v) is 17.5. The SMILES string of the molecule is CC1(O)CCCN(c2ccn(-c3cc(-c4c(F)cccc4C#N)nc4c3C(=O)NC4)n2)C1. The van der Waals surface area contributed by atoms with Crippen molar-refractivity contribution in [2.45, 2.75) is 31.9 Å². The van der Waals surface area contributed by atoms with Crippen molar-refractivity contribution in [1.82, 2.24) is 20.1 Å². The molecule has 0 bridgehead atoms. The van der Waals surface area contributed by atoms with Crippen LogP contribution in [0.4, 0.5) is 10.2 Å². The number of pyridine rings is 1. The standard InChI is InChI=1S/C23H21FN6O2/c1-23(32)7-3-8-29(13-23)19-6-9-30(28-19)18-10-16(27-17-12-26-22(31)21(17)18)20-14(11-25)4-2-5-15(20)24/h2,4-6,9-10,32H,3,7-8,12-13H2,1H3,(H,26,31). The van der Waals surface area contributed by atoms with Crippen LogP contribution in [-0.2, 0) is 6.54 Å². The fraction of sp³-hybridized carbons (Fsp3) is 0.304. The normalized spacial score (nSPS) is 20.1. The van der Waals surface area contributed by atoms with E-state index in [1.807, 2.05) is 24.0 Å². The largest absolute Gasteiger partial charge is 0.388 e. The summed E-state index contributed by atoms with van der Waals surface area (Å²) in [6.07, 6.45) is 3.31. The quantitative estimate of drug-likeness (QED) is 0.659. The molecule has 0 saturated carbocycles. The molecule has 2 aromatic heterocycles. The molecular weight excluding hydrogens is 411 g/mol. The van der Waals surface area contributed by atoms with Crippen LogP contribution in [0.5, 0.6) is 0 Å². The summed E-state index contributed by atoms with van der Waals surface area (Å²) < 4.78 is 16.2. The first kappa shape index (κ1) is 20.2. The van der Waals surface area contributed by atoms with Gasteiger partial charge in [-0.2, -0.15) is 10.4 Å². The highest BCUT2D eigenvalue weighted by atomic mass is 19.1. The fourth-order valence-electron chi connectivity index (χ4n) is 4.43. The Hall–Kier alpha value is -3.77. The number of nitriles is 1. The van der Waals surface area contributed by atoms with Gasteiger partial charge >= 0.3 is 0 Å². The van der Waals surface area contributed by atoms with Gasteiger partial charge in [-0.15, -0.1) is 0 Å². The van der Waals surface area contributed by atoms with Crippen molar-refractivity contribution in [1.29, 1.82) is 5.26 Å². The fourth-order valence-corrected chi connectivity index (χ4v) is 4.43. The van der Waals surface area contributed by atoms with E-state index >= 15 is 0 Å². The van der Waals surface area contributed by atoms with Crippen LogP contribution in [0.2, 0.25) is 0 Å². The summed E-state index contributed by atoms with van der Waals surface area (Å²) in [5, 5.41) is 27.3. The summed E-state index contributed by atoms with van der Waals surface area (Å²) >= 11 is 0. The first-order valence-electron chi connectivity index (χ1n) is 10.4. The monoisotopic (exact) mass is 432 g/mol. The highest BCUT2D eigenvalue weighted by Crippen LogP contribution is 2.32. The number of aromatic nitrogens is 3. The van der Waals surface area contributed by atoms with E-state index in [2.05, 4.69) is 15.4 Å². The van der Waals surface area contributed by atoms with Gasteiger partial charge < -0.3 is 15.3 Å². The number of amides is 1. The van der Waals surface area contributed by atoms with E-state index in [1.54, 1.807) is 16.9 Å². The molecule has 4 heterocycles. The van der Waals surface area contributed by atoms with Gasteiger partial charge in [-0.3, -0.25) is 4.79 Å². The molecular formula is C23H21FN6O2. The summed E-state index contributed by atoms with van der Waals surface area (Å²) in [5.74, 6) is -0.156. The van der Waals surface area contributed by atoms with Crippen LogP contribution in [0.25, 0.3) is 16.9 Å². The molecule has 2 aliphatic rings. The number of nitrogens with zero attached hydrogens (tertiary/aromatic N) is 5. The number of carbonyl (C=O) groups excluding carboxylic acids is 1. The van der Waals surface area contributed by atoms with E-state index < -0.39 is 11.4 Å². The van der Waals surface area contributed by atoms with E-state index in [-0.39, 0.29) is 29.3 Å². The average Bonchev–Trinajstić information content (AvgIpc) is 3.40. The predicted molar refractivity (Wildman–Crippen MR) is 115 cm³/mol. The van der Waals surface area contributed by atoms with Crippen LogP contribution < -0.4 is 10.2 Å². The molecule has 1 fully saturated rings. The number of fused-ring (bicyclic) bond motifs is 1. The van der Waals surface area contributed by atoms with Gasteiger partial charge in [0.1, 0.15) is 5.82 Å². The molecule has 0 aliphatic carbocycles. The van der Waals surface area contributed by atoms with E-state index in [4.69, 9.17) is 0 Å². The van der Waals surface area contributed by atoms with Crippen molar-refractivity contribution >= 4 is 11.7 Å². The Morgan fingerprint density at radius 3 is 2.94 bits per heavy atom. The number of benzene rings is 1. The van der Waals surface area contributed by atoms with Crippen LogP contribution in [0, 0.1) is 17.1 Å². The lowest BCUT2D eigenvalue weighted by atomic mass is 9.95. The van der Waals surface area contributed by atoms with Gasteiger partial charge in [0.2, 0.25) is 0 Å². The van der Waals surface area contributed by atoms with Crippen molar-refractivity contribution in [3.8, 4) is 23.0 Å². The molecule has 2 N–H and O–H groups in total. The molecule has 9 heteroatoms. The van der Waals surface area contributed by atoms with Gasteiger partial charge in [-0.1, -0.05) is 6.07 Å². The molecule has 8 nitrogen and oxygen atoms in total. The first-order valence-corrected chi connectivity index (χ1v) is 10.4. The second-order valence-electron chi connectivity index (χ2n) is 8.45. The number of rotatable bonds is 3. The molecule has 3 aromatic rings. The molecule has 32 heavy (non-hydrogen) atoms. The lowest BCUT2D eigenvalue weighted by Gasteiger charge is -2.36. The number of hydrogen-bond acceptors (Lipinski definition) is 6. The number of hydrogen-bond donors (Lipinski definition) is 2. The molecule has 1 aromatic carbocycles. The van der Waals surface area contributed by atoms with Gasteiger partial charge in [-0.25, -0.2) is 14.1 Å². The molecule has 1 saturated heterocycles. The minimum absolute atomic E-state index is 0.0952. The predicted octanol–water partition coefficient (Wildman–Crippen LogP) is 2.54. The van der Waals surface area contributed by atoms with Gasteiger partial charge in [0.25, 0.3) is 5.91 Å². The Labute approximate surface area is 183 Å². The van der Waals surface area contributed by atoms with Crippen molar-refractivity contribution in [3.05, 3.63) is 59.2 Å². The number of halogens is 1. The number of anilines is 1. The van der Waals surface area contributed by atoms with Gasteiger partial charge in [0.05, 0.1) is 52.0 Å². The highest BCUT2D eigenvalue weighted by molar-refractivity contribution is 6.01. The maximum Gasteiger partial charge on any atom is 0.255 e.